The highest BCUT2D eigenvalue weighted by atomic mass is 16.2. The Hall–Kier alpha value is -3.61. The molecule has 7 nitrogen and oxygen atoms in total. The topological polar surface area (TPSA) is 87.6 Å². The van der Waals surface area contributed by atoms with Crippen molar-refractivity contribution in [3.63, 3.8) is 0 Å². The average Bonchev–Trinajstić information content (AvgIpc) is 3.27. The third-order valence-corrected chi connectivity index (χ3v) is 5.87. The fourth-order valence-electron chi connectivity index (χ4n) is 4.39. The minimum Gasteiger partial charge on any atom is -0.358 e. The van der Waals surface area contributed by atoms with E-state index in [0.29, 0.717) is 11.6 Å². The van der Waals surface area contributed by atoms with E-state index in [9.17, 15) is 4.79 Å². The summed E-state index contributed by atoms with van der Waals surface area (Å²) >= 11 is 0. The molecule has 31 heavy (non-hydrogen) atoms. The largest absolute Gasteiger partial charge is 0.358 e. The van der Waals surface area contributed by atoms with Crippen molar-refractivity contribution in [2.75, 3.05) is 5.32 Å². The van der Waals surface area contributed by atoms with E-state index in [0.717, 1.165) is 30.5 Å². The molecule has 0 radical (unpaired) electrons. The van der Waals surface area contributed by atoms with E-state index in [1.807, 2.05) is 32.0 Å². The number of fused-ring (bicyclic) bond motifs is 3. The lowest BCUT2D eigenvalue weighted by Gasteiger charge is -2.24. The van der Waals surface area contributed by atoms with E-state index in [1.54, 1.807) is 10.9 Å². The number of benzene rings is 1. The molecular weight excluding hydrogens is 388 g/mol. The Kier molecular flexibility index (Phi) is 4.73. The molecule has 1 atom stereocenters. The number of H-pyrrole nitrogens is 1. The van der Waals surface area contributed by atoms with E-state index in [4.69, 9.17) is 0 Å². The van der Waals surface area contributed by atoms with E-state index in [2.05, 4.69) is 50.8 Å². The second-order valence-electron chi connectivity index (χ2n) is 8.44. The van der Waals surface area contributed by atoms with Gasteiger partial charge in [0.25, 0.3) is 0 Å². The lowest BCUT2D eigenvalue weighted by atomic mass is 9.91. The zero-order chi connectivity index (χ0) is 21.5. The summed E-state index contributed by atoms with van der Waals surface area (Å²) < 4.78 is 1.67. The van der Waals surface area contributed by atoms with Crippen LogP contribution in [0.5, 0.6) is 0 Å². The van der Waals surface area contributed by atoms with E-state index < -0.39 is 0 Å². The molecule has 158 valence electrons. The smallest absolute Gasteiger partial charge is 0.320 e. The monoisotopic (exact) mass is 414 g/mol. The van der Waals surface area contributed by atoms with Crippen LogP contribution < -0.4 is 10.6 Å². The molecule has 7 heteroatoms. The normalized spacial score (nSPS) is 15.6. The maximum atomic E-state index is 12.8. The van der Waals surface area contributed by atoms with Crippen molar-refractivity contribution >= 4 is 22.8 Å². The van der Waals surface area contributed by atoms with Crippen molar-refractivity contribution in [2.45, 2.75) is 46.1 Å². The van der Waals surface area contributed by atoms with Gasteiger partial charge in [0.15, 0.2) is 5.82 Å². The Labute approximate surface area is 180 Å². The average molecular weight is 415 g/mol. The number of nitrogens with zero attached hydrogens (tertiary/aromatic N) is 3. The number of aromatic nitrogens is 4. The SMILES string of the molecule is Cc1ccnc(-n2nc(C)cc2NC(=O)NC2CCc3[nH]c4ccc(C)cc4c3C2)c1. The summed E-state index contributed by atoms with van der Waals surface area (Å²) in [6, 6.07) is 12.1. The van der Waals surface area contributed by atoms with Crippen molar-refractivity contribution in [3.8, 4) is 5.82 Å². The molecule has 0 spiro atoms. The van der Waals surface area contributed by atoms with E-state index in [-0.39, 0.29) is 12.1 Å². The summed E-state index contributed by atoms with van der Waals surface area (Å²) in [6.45, 7) is 6.01. The molecule has 0 bridgehead atoms. The van der Waals surface area contributed by atoms with Crippen LogP contribution in [0.25, 0.3) is 16.7 Å². The van der Waals surface area contributed by atoms with Crippen LogP contribution in [0.4, 0.5) is 10.6 Å². The van der Waals surface area contributed by atoms with Gasteiger partial charge in [-0.2, -0.15) is 9.78 Å². The third kappa shape index (κ3) is 3.79. The van der Waals surface area contributed by atoms with Crippen LogP contribution in [-0.2, 0) is 12.8 Å². The van der Waals surface area contributed by atoms with Crippen LogP contribution in [0.3, 0.4) is 0 Å². The van der Waals surface area contributed by atoms with Gasteiger partial charge in [-0.25, -0.2) is 9.78 Å². The van der Waals surface area contributed by atoms with Gasteiger partial charge in [-0.15, -0.1) is 0 Å². The Morgan fingerprint density at radius 1 is 1.13 bits per heavy atom. The number of hydrogen-bond donors (Lipinski definition) is 3. The molecular formula is C24H26N6O. The van der Waals surface area contributed by atoms with Crippen molar-refractivity contribution in [2.24, 2.45) is 0 Å². The minimum absolute atomic E-state index is 0.0848. The maximum Gasteiger partial charge on any atom is 0.320 e. The van der Waals surface area contributed by atoms with Crippen LogP contribution >= 0.6 is 0 Å². The van der Waals surface area contributed by atoms with Crippen LogP contribution in [-0.4, -0.2) is 31.8 Å². The summed E-state index contributed by atoms with van der Waals surface area (Å²) in [5, 5.41) is 11.9. The number of amides is 2. The van der Waals surface area contributed by atoms with Gasteiger partial charge in [-0.3, -0.25) is 5.32 Å². The van der Waals surface area contributed by atoms with Crippen molar-refractivity contribution < 1.29 is 4.79 Å². The lowest BCUT2D eigenvalue weighted by Crippen LogP contribution is -2.41. The van der Waals surface area contributed by atoms with Gasteiger partial charge in [0.2, 0.25) is 0 Å². The fraction of sp³-hybridized carbons (Fsp3) is 0.292. The summed E-state index contributed by atoms with van der Waals surface area (Å²) in [5.74, 6) is 1.28. The number of pyridine rings is 1. The van der Waals surface area contributed by atoms with Crippen LogP contribution in [0, 0.1) is 20.8 Å². The molecule has 3 N–H and O–H groups in total. The molecule has 0 saturated carbocycles. The zero-order valence-electron chi connectivity index (χ0n) is 18.0. The van der Waals surface area contributed by atoms with Gasteiger partial charge < -0.3 is 10.3 Å². The third-order valence-electron chi connectivity index (χ3n) is 5.87. The molecule has 2 amide bonds. The first-order valence-electron chi connectivity index (χ1n) is 10.6. The van der Waals surface area contributed by atoms with Gasteiger partial charge in [0.1, 0.15) is 5.82 Å². The van der Waals surface area contributed by atoms with Gasteiger partial charge in [-0.1, -0.05) is 11.6 Å². The molecule has 5 rings (SSSR count). The summed E-state index contributed by atoms with van der Waals surface area (Å²) in [4.78, 5) is 20.7. The highest BCUT2D eigenvalue weighted by Crippen LogP contribution is 2.30. The maximum absolute atomic E-state index is 12.8. The number of urea groups is 1. The Balaban J connectivity index is 1.32. The van der Waals surface area contributed by atoms with Crippen LogP contribution in [0.2, 0.25) is 0 Å². The van der Waals surface area contributed by atoms with Crippen LogP contribution in [0.1, 0.15) is 34.5 Å². The molecule has 1 aliphatic rings. The Bertz CT molecular complexity index is 1280. The van der Waals surface area contributed by atoms with Crippen LogP contribution in [0.15, 0.2) is 42.6 Å². The van der Waals surface area contributed by atoms with Gasteiger partial charge in [0, 0.05) is 34.9 Å². The lowest BCUT2D eigenvalue weighted by molar-refractivity contribution is 0.247. The molecule has 4 aromatic rings. The van der Waals surface area contributed by atoms with E-state index in [1.165, 1.54) is 27.7 Å². The summed E-state index contributed by atoms with van der Waals surface area (Å²) in [5.41, 5.74) is 6.93. The molecule has 1 aliphatic carbocycles. The summed E-state index contributed by atoms with van der Waals surface area (Å²) in [7, 11) is 0. The standard InChI is InChI=1S/C24H26N6O/c1-14-4-6-20-18(10-14)19-13-17(5-7-21(19)27-20)26-24(31)28-23-12-16(3)29-30(23)22-11-15(2)8-9-25-22/h4,6,8-12,17,27H,5,7,13H2,1-3H3,(H2,26,28,31). The minimum atomic E-state index is -0.224. The number of carbonyl (C=O) groups is 1. The van der Waals surface area contributed by atoms with Gasteiger partial charge >= 0.3 is 6.03 Å². The predicted molar refractivity (Wildman–Crippen MR) is 122 cm³/mol. The number of aromatic amines is 1. The van der Waals surface area contributed by atoms with Gasteiger partial charge in [-0.05, 0) is 75.4 Å². The second kappa shape index (κ2) is 7.58. The quantitative estimate of drug-likeness (QED) is 0.466. The molecule has 3 aromatic heterocycles. The van der Waals surface area contributed by atoms with Crippen molar-refractivity contribution in [1.29, 1.82) is 0 Å². The molecule has 0 saturated heterocycles. The molecule has 0 aliphatic heterocycles. The zero-order valence-corrected chi connectivity index (χ0v) is 18.0. The van der Waals surface area contributed by atoms with Crippen molar-refractivity contribution in [3.05, 3.63) is 70.7 Å². The molecule has 1 unspecified atom stereocenters. The summed E-state index contributed by atoms with van der Waals surface area (Å²) in [6.07, 6.45) is 4.40. The Morgan fingerprint density at radius 3 is 2.81 bits per heavy atom. The van der Waals surface area contributed by atoms with Crippen molar-refractivity contribution in [1.82, 2.24) is 25.1 Å². The molecule has 1 aromatic carbocycles. The number of nitrogens with one attached hydrogen (secondary N) is 3. The predicted octanol–water partition coefficient (Wildman–Crippen LogP) is 4.35. The number of carbonyl (C=O) groups excluding carboxylic acids is 1. The number of aryl methyl sites for hydroxylation is 4. The molecule has 3 heterocycles. The number of rotatable bonds is 3. The van der Waals surface area contributed by atoms with Gasteiger partial charge in [0.05, 0.1) is 5.69 Å². The number of hydrogen-bond acceptors (Lipinski definition) is 3. The molecule has 0 fully saturated rings. The first-order valence-corrected chi connectivity index (χ1v) is 10.6. The Morgan fingerprint density at radius 2 is 1.97 bits per heavy atom. The first kappa shape index (κ1) is 19.4. The highest BCUT2D eigenvalue weighted by molar-refractivity contribution is 5.89. The van der Waals surface area contributed by atoms with E-state index >= 15 is 0 Å². The number of anilines is 1. The first-order chi connectivity index (χ1) is 15.0. The highest BCUT2D eigenvalue weighted by Gasteiger charge is 2.24. The fourth-order valence-corrected chi connectivity index (χ4v) is 4.39. The second-order valence-corrected chi connectivity index (χ2v) is 8.44.